The molecule has 0 aromatic carbocycles. The summed E-state index contributed by atoms with van der Waals surface area (Å²) in [5.41, 5.74) is 0. The Bertz CT molecular complexity index is 995. The first-order chi connectivity index (χ1) is 25.5. The lowest BCUT2D eigenvalue weighted by Crippen LogP contribution is -2.46. The molecule has 3 N–H and O–H groups in total. The van der Waals surface area contributed by atoms with Crippen molar-refractivity contribution < 1.29 is 24.5 Å². The van der Waals surface area contributed by atoms with Gasteiger partial charge < -0.3 is 20.3 Å². The smallest absolute Gasteiger partial charge is 0.306 e. The zero-order chi connectivity index (χ0) is 38.2. The molecule has 0 fully saturated rings. The molecule has 52 heavy (non-hydrogen) atoms. The van der Waals surface area contributed by atoms with E-state index in [1.54, 1.807) is 0 Å². The van der Waals surface area contributed by atoms with Gasteiger partial charge in [-0.2, -0.15) is 0 Å². The predicted octanol–water partition coefficient (Wildman–Crippen LogP) is 11.9. The van der Waals surface area contributed by atoms with Gasteiger partial charge in [0.2, 0.25) is 5.91 Å². The molecule has 6 nitrogen and oxygen atoms in total. The molecular formula is C46H79NO5. The molecule has 0 aliphatic heterocycles. The topological polar surface area (TPSA) is 95.9 Å². The number of nitrogens with one attached hydrogen (secondary N) is 1. The minimum absolute atomic E-state index is 0.00587. The van der Waals surface area contributed by atoms with Gasteiger partial charge in [-0.05, 0) is 57.8 Å². The van der Waals surface area contributed by atoms with Gasteiger partial charge in [-0.3, -0.25) is 9.59 Å². The van der Waals surface area contributed by atoms with Crippen LogP contribution in [-0.2, 0) is 14.3 Å². The Morgan fingerprint density at radius 3 is 1.75 bits per heavy atom. The quantitative estimate of drug-likeness (QED) is 0.0259. The third-order valence-corrected chi connectivity index (χ3v) is 9.13. The first-order valence-corrected chi connectivity index (χ1v) is 21.2. The average Bonchev–Trinajstić information content (AvgIpc) is 3.13. The normalized spacial score (nSPS) is 14.2. The van der Waals surface area contributed by atoms with Gasteiger partial charge in [0.05, 0.1) is 25.2 Å². The standard InChI is InChI=1S/C46H79NO5/c1-4-7-10-13-16-19-21-22-24-27-30-33-36-39-46(51)52-42(37-34-31-28-26-23-20-17-14-11-8-5-2)40-45(50)47-43(41-48)44(49)38-35-32-29-25-18-15-12-9-6-3/h8,11,14,17,20,22-24,26,28,30,33,42-44,48-49H,4-7,9-10,12-13,15-16,18-19,21,25,27,29,31-32,34-41H2,1-3H3,(H,47,50)/b11-8+,17-14+,23-20-,24-22-,28-26-,33-30+. The zero-order valence-electron chi connectivity index (χ0n) is 33.7. The summed E-state index contributed by atoms with van der Waals surface area (Å²) in [5.74, 6) is -0.634. The second-order valence-electron chi connectivity index (χ2n) is 14.1. The molecule has 0 spiro atoms. The monoisotopic (exact) mass is 726 g/mol. The Balaban J connectivity index is 4.80. The van der Waals surface area contributed by atoms with E-state index in [0.29, 0.717) is 19.3 Å². The van der Waals surface area contributed by atoms with Crippen molar-refractivity contribution in [3.05, 3.63) is 72.9 Å². The van der Waals surface area contributed by atoms with Crippen LogP contribution in [0.4, 0.5) is 0 Å². The van der Waals surface area contributed by atoms with Crippen molar-refractivity contribution in [1.82, 2.24) is 5.32 Å². The predicted molar refractivity (Wildman–Crippen MR) is 222 cm³/mol. The van der Waals surface area contributed by atoms with Crippen molar-refractivity contribution in [2.45, 2.75) is 200 Å². The van der Waals surface area contributed by atoms with Gasteiger partial charge in [-0.1, -0.05) is 184 Å². The number of unbranched alkanes of at least 4 members (excludes halogenated alkanes) is 15. The SMILES string of the molecule is CC/C=C/C=C/C=C\C=C/CCCC(CC(=O)NC(CO)C(O)CCCCCCCCCCC)OC(=O)CC/C=C/C/C=C\CCCCCCCC. The van der Waals surface area contributed by atoms with Crippen LogP contribution in [0.5, 0.6) is 0 Å². The second-order valence-corrected chi connectivity index (χ2v) is 14.1. The van der Waals surface area contributed by atoms with Crippen LogP contribution < -0.4 is 5.32 Å². The van der Waals surface area contributed by atoms with Crippen LogP contribution in [0.25, 0.3) is 0 Å². The van der Waals surface area contributed by atoms with Gasteiger partial charge in [0.25, 0.3) is 0 Å². The molecule has 6 heteroatoms. The summed E-state index contributed by atoms with van der Waals surface area (Å²) in [7, 11) is 0. The summed E-state index contributed by atoms with van der Waals surface area (Å²) in [6.07, 6.45) is 48.4. The third kappa shape index (κ3) is 34.4. The van der Waals surface area contributed by atoms with Crippen LogP contribution in [0.1, 0.15) is 181 Å². The number of carbonyl (C=O) groups excluding carboxylic acids is 2. The number of amides is 1. The number of aliphatic hydroxyl groups excluding tert-OH is 2. The summed E-state index contributed by atoms with van der Waals surface area (Å²) in [5, 5.41) is 23.5. The molecule has 0 aromatic heterocycles. The first kappa shape index (κ1) is 49.3. The molecule has 0 heterocycles. The largest absolute Gasteiger partial charge is 0.462 e. The highest BCUT2D eigenvalue weighted by molar-refractivity contribution is 5.77. The van der Waals surface area contributed by atoms with Crippen molar-refractivity contribution >= 4 is 11.9 Å². The number of hydrogen-bond acceptors (Lipinski definition) is 5. The van der Waals surface area contributed by atoms with Gasteiger partial charge in [0, 0.05) is 6.42 Å². The molecule has 298 valence electrons. The highest BCUT2D eigenvalue weighted by atomic mass is 16.5. The van der Waals surface area contributed by atoms with Crippen molar-refractivity contribution in [3.8, 4) is 0 Å². The summed E-state index contributed by atoms with van der Waals surface area (Å²) >= 11 is 0. The van der Waals surface area contributed by atoms with Crippen LogP contribution >= 0.6 is 0 Å². The molecular weight excluding hydrogens is 647 g/mol. The first-order valence-electron chi connectivity index (χ1n) is 21.2. The van der Waals surface area contributed by atoms with Crippen LogP contribution in [0.2, 0.25) is 0 Å². The molecule has 0 rings (SSSR count). The number of hydrogen-bond donors (Lipinski definition) is 3. The van der Waals surface area contributed by atoms with E-state index in [1.807, 2.05) is 42.5 Å². The molecule has 0 saturated heterocycles. The minimum Gasteiger partial charge on any atom is -0.462 e. The number of rotatable bonds is 36. The fourth-order valence-corrected chi connectivity index (χ4v) is 5.91. The van der Waals surface area contributed by atoms with Crippen molar-refractivity contribution in [2.24, 2.45) is 0 Å². The molecule has 3 atom stereocenters. The lowest BCUT2D eigenvalue weighted by atomic mass is 10.0. The van der Waals surface area contributed by atoms with E-state index in [-0.39, 0.29) is 31.3 Å². The summed E-state index contributed by atoms with van der Waals surface area (Å²) in [4.78, 5) is 25.8. The van der Waals surface area contributed by atoms with E-state index in [4.69, 9.17) is 4.74 Å². The molecule has 0 aliphatic rings. The lowest BCUT2D eigenvalue weighted by molar-refractivity contribution is -0.150. The van der Waals surface area contributed by atoms with Crippen LogP contribution in [0.15, 0.2) is 72.9 Å². The Morgan fingerprint density at radius 1 is 0.596 bits per heavy atom. The van der Waals surface area contributed by atoms with Crippen molar-refractivity contribution in [1.29, 1.82) is 0 Å². The van der Waals surface area contributed by atoms with Crippen LogP contribution in [0.3, 0.4) is 0 Å². The van der Waals surface area contributed by atoms with Gasteiger partial charge in [-0.25, -0.2) is 0 Å². The van der Waals surface area contributed by atoms with Crippen LogP contribution in [0, 0.1) is 0 Å². The zero-order valence-corrected chi connectivity index (χ0v) is 33.7. The van der Waals surface area contributed by atoms with Gasteiger partial charge in [0.1, 0.15) is 6.10 Å². The molecule has 1 amide bonds. The van der Waals surface area contributed by atoms with E-state index in [1.165, 1.54) is 77.0 Å². The highest BCUT2D eigenvalue weighted by Crippen LogP contribution is 2.15. The van der Waals surface area contributed by atoms with E-state index >= 15 is 0 Å². The fourth-order valence-electron chi connectivity index (χ4n) is 5.91. The second kappa shape index (κ2) is 39.5. The van der Waals surface area contributed by atoms with E-state index < -0.39 is 18.2 Å². The third-order valence-electron chi connectivity index (χ3n) is 9.13. The fraction of sp³-hybridized carbons (Fsp3) is 0.696. The maximum Gasteiger partial charge on any atom is 0.306 e. The Hall–Kier alpha value is -2.70. The van der Waals surface area contributed by atoms with Gasteiger partial charge in [0.15, 0.2) is 0 Å². The number of aliphatic hydroxyl groups is 2. The average molecular weight is 726 g/mol. The molecule has 0 bridgehead atoms. The van der Waals surface area contributed by atoms with Crippen molar-refractivity contribution in [2.75, 3.05) is 6.61 Å². The number of carbonyl (C=O) groups is 2. The Kier molecular flexibility index (Phi) is 37.5. The molecule has 0 aromatic rings. The van der Waals surface area contributed by atoms with Gasteiger partial charge >= 0.3 is 5.97 Å². The summed E-state index contributed by atoms with van der Waals surface area (Å²) < 4.78 is 5.80. The molecule has 0 radical (unpaired) electrons. The highest BCUT2D eigenvalue weighted by Gasteiger charge is 2.23. The number of allylic oxidation sites excluding steroid dienone is 12. The van der Waals surface area contributed by atoms with Gasteiger partial charge in [-0.15, -0.1) is 0 Å². The minimum atomic E-state index is -0.813. The van der Waals surface area contributed by atoms with Crippen LogP contribution in [-0.4, -0.2) is 46.9 Å². The van der Waals surface area contributed by atoms with E-state index in [2.05, 4.69) is 56.5 Å². The van der Waals surface area contributed by atoms with E-state index in [9.17, 15) is 19.8 Å². The molecule has 3 unspecified atom stereocenters. The summed E-state index contributed by atoms with van der Waals surface area (Å²) in [6, 6.07) is -0.732. The van der Waals surface area contributed by atoms with E-state index in [0.717, 1.165) is 51.4 Å². The molecule has 0 saturated carbocycles. The maximum atomic E-state index is 13.0. The summed E-state index contributed by atoms with van der Waals surface area (Å²) in [6.45, 7) is 6.24. The van der Waals surface area contributed by atoms with Crippen molar-refractivity contribution in [3.63, 3.8) is 0 Å². The lowest BCUT2D eigenvalue weighted by Gasteiger charge is -2.24. The number of esters is 1. The maximum absolute atomic E-state index is 13.0. The molecule has 0 aliphatic carbocycles. The number of ether oxygens (including phenoxy) is 1. The Morgan fingerprint density at radius 2 is 1.13 bits per heavy atom. The Labute approximate surface area is 320 Å².